The minimum atomic E-state index is -0.00774. The molecule has 0 aromatic carbocycles. The smallest absolute Gasteiger partial charge is 0.187 e. The van der Waals surface area contributed by atoms with Crippen molar-refractivity contribution in [3.8, 4) is 11.3 Å². The number of carbonyl (C=O) groups is 1. The summed E-state index contributed by atoms with van der Waals surface area (Å²) in [6.07, 6.45) is 5.67. The molecule has 0 amide bonds. The molecule has 4 rings (SSSR count). The molecule has 4 heterocycles. The summed E-state index contributed by atoms with van der Waals surface area (Å²) in [6, 6.07) is 6.11. The average Bonchev–Trinajstić information content (AvgIpc) is 3.18. The van der Waals surface area contributed by atoms with E-state index in [0.717, 1.165) is 44.7 Å². The Morgan fingerprint density at radius 1 is 1.08 bits per heavy atom. The average molecular weight is 345 g/mol. The van der Waals surface area contributed by atoms with Crippen molar-refractivity contribution in [1.29, 1.82) is 0 Å². The standard InChI is InChI=1S/C20H19N5O/c1-11-4-16(10-21-8-11)17-7-15-5-14(9-22-20(15)23-17)6-18(26)19-12(2)13(3)24-25-19/h4-5,7-10H,6H2,1-3H3,(H,22,23)(H,24,25). The molecule has 4 aromatic rings. The highest BCUT2D eigenvalue weighted by atomic mass is 16.1. The quantitative estimate of drug-likeness (QED) is 0.552. The lowest BCUT2D eigenvalue weighted by Gasteiger charge is -2.00. The number of ketones is 1. The van der Waals surface area contributed by atoms with Crippen molar-refractivity contribution in [3.05, 3.63) is 64.9 Å². The molecule has 0 saturated carbocycles. The van der Waals surface area contributed by atoms with Crippen LogP contribution in [-0.4, -0.2) is 30.9 Å². The van der Waals surface area contributed by atoms with Gasteiger partial charge in [0.2, 0.25) is 0 Å². The molecule has 0 radical (unpaired) electrons. The Labute approximate surface area is 150 Å². The van der Waals surface area contributed by atoms with Crippen molar-refractivity contribution < 1.29 is 4.79 Å². The lowest BCUT2D eigenvalue weighted by Crippen LogP contribution is -2.06. The van der Waals surface area contributed by atoms with Gasteiger partial charge < -0.3 is 4.98 Å². The molecule has 0 bridgehead atoms. The Balaban J connectivity index is 1.63. The lowest BCUT2D eigenvalue weighted by molar-refractivity contribution is 0.0987. The number of fused-ring (bicyclic) bond motifs is 1. The Hall–Kier alpha value is -3.28. The summed E-state index contributed by atoms with van der Waals surface area (Å²) in [4.78, 5) is 24.5. The molecular formula is C20H19N5O. The molecule has 26 heavy (non-hydrogen) atoms. The van der Waals surface area contributed by atoms with Crippen molar-refractivity contribution in [2.45, 2.75) is 27.2 Å². The van der Waals surface area contributed by atoms with Crippen LogP contribution in [0.3, 0.4) is 0 Å². The van der Waals surface area contributed by atoms with Crippen molar-refractivity contribution in [2.24, 2.45) is 0 Å². The third kappa shape index (κ3) is 2.90. The van der Waals surface area contributed by atoms with E-state index < -0.39 is 0 Å². The summed E-state index contributed by atoms with van der Waals surface area (Å²) in [6.45, 7) is 5.83. The van der Waals surface area contributed by atoms with E-state index in [-0.39, 0.29) is 12.2 Å². The zero-order chi connectivity index (χ0) is 18.3. The first-order valence-corrected chi connectivity index (χ1v) is 8.45. The van der Waals surface area contributed by atoms with Gasteiger partial charge >= 0.3 is 0 Å². The monoisotopic (exact) mass is 345 g/mol. The fourth-order valence-corrected chi connectivity index (χ4v) is 3.04. The van der Waals surface area contributed by atoms with Crippen LogP contribution >= 0.6 is 0 Å². The zero-order valence-corrected chi connectivity index (χ0v) is 14.9. The number of nitrogens with one attached hydrogen (secondary N) is 2. The molecule has 0 saturated heterocycles. The van der Waals surface area contributed by atoms with E-state index in [1.807, 2.05) is 45.3 Å². The van der Waals surface area contributed by atoms with Crippen molar-refractivity contribution in [1.82, 2.24) is 25.1 Å². The topological polar surface area (TPSA) is 87.3 Å². The van der Waals surface area contributed by atoms with E-state index in [4.69, 9.17) is 0 Å². The molecule has 130 valence electrons. The van der Waals surface area contributed by atoms with Gasteiger partial charge in [0.25, 0.3) is 0 Å². The first-order chi connectivity index (χ1) is 12.5. The molecular weight excluding hydrogens is 326 g/mol. The van der Waals surface area contributed by atoms with Gasteiger partial charge in [0.15, 0.2) is 5.78 Å². The van der Waals surface area contributed by atoms with Crippen LogP contribution in [0.4, 0.5) is 0 Å². The number of rotatable bonds is 4. The van der Waals surface area contributed by atoms with Gasteiger partial charge in [-0.2, -0.15) is 5.10 Å². The van der Waals surface area contributed by atoms with Crippen LogP contribution in [0.5, 0.6) is 0 Å². The van der Waals surface area contributed by atoms with Gasteiger partial charge in [-0.15, -0.1) is 0 Å². The number of aromatic amines is 2. The SMILES string of the molecule is Cc1cncc(-c2cc3cc(CC(=O)c4n[nH]c(C)c4C)cnc3[nH]2)c1. The number of aryl methyl sites for hydroxylation is 2. The molecule has 0 spiro atoms. The van der Waals surface area contributed by atoms with E-state index in [2.05, 4.69) is 31.2 Å². The largest absolute Gasteiger partial charge is 0.339 e. The van der Waals surface area contributed by atoms with Gasteiger partial charge in [0.1, 0.15) is 11.3 Å². The van der Waals surface area contributed by atoms with Crippen molar-refractivity contribution >= 4 is 16.8 Å². The molecule has 0 unspecified atom stereocenters. The molecule has 0 fully saturated rings. The van der Waals surface area contributed by atoms with E-state index >= 15 is 0 Å². The first-order valence-electron chi connectivity index (χ1n) is 8.45. The first kappa shape index (κ1) is 16.2. The van der Waals surface area contributed by atoms with Gasteiger partial charge in [0.05, 0.1) is 0 Å². The Morgan fingerprint density at radius 2 is 1.92 bits per heavy atom. The number of aromatic nitrogens is 5. The zero-order valence-electron chi connectivity index (χ0n) is 14.9. The van der Waals surface area contributed by atoms with Crippen LogP contribution < -0.4 is 0 Å². The van der Waals surface area contributed by atoms with E-state index in [9.17, 15) is 4.79 Å². The van der Waals surface area contributed by atoms with Crippen LogP contribution in [0.2, 0.25) is 0 Å². The van der Waals surface area contributed by atoms with Gasteiger partial charge in [-0.05, 0) is 50.1 Å². The molecule has 0 aliphatic rings. The second kappa shape index (κ2) is 6.22. The number of hydrogen-bond donors (Lipinski definition) is 2. The highest BCUT2D eigenvalue weighted by molar-refractivity contribution is 5.97. The summed E-state index contributed by atoms with van der Waals surface area (Å²) in [7, 11) is 0. The van der Waals surface area contributed by atoms with Crippen LogP contribution in [0.15, 0.2) is 36.8 Å². The van der Waals surface area contributed by atoms with Crippen LogP contribution in [0.1, 0.15) is 32.9 Å². The number of H-pyrrole nitrogens is 2. The minimum Gasteiger partial charge on any atom is -0.339 e. The lowest BCUT2D eigenvalue weighted by atomic mass is 10.0. The number of pyridine rings is 2. The maximum Gasteiger partial charge on any atom is 0.187 e. The molecule has 6 heteroatoms. The Morgan fingerprint density at radius 3 is 2.65 bits per heavy atom. The third-order valence-electron chi connectivity index (χ3n) is 4.59. The second-order valence-corrected chi connectivity index (χ2v) is 6.64. The number of hydrogen-bond acceptors (Lipinski definition) is 4. The van der Waals surface area contributed by atoms with Crippen LogP contribution in [-0.2, 0) is 6.42 Å². The number of Topliss-reactive ketones (excluding diaryl/α,β-unsaturated/α-hetero) is 1. The van der Waals surface area contributed by atoms with E-state index in [0.29, 0.717) is 5.69 Å². The fourth-order valence-electron chi connectivity index (χ4n) is 3.04. The van der Waals surface area contributed by atoms with E-state index in [1.54, 1.807) is 6.20 Å². The van der Waals surface area contributed by atoms with Gasteiger partial charge in [-0.3, -0.25) is 14.9 Å². The Bertz CT molecular complexity index is 1120. The summed E-state index contributed by atoms with van der Waals surface area (Å²) in [5.74, 6) is -0.00774. The summed E-state index contributed by atoms with van der Waals surface area (Å²) in [5.41, 5.74) is 7.08. The molecule has 0 aliphatic carbocycles. The highest BCUT2D eigenvalue weighted by Gasteiger charge is 2.15. The molecule has 0 aliphatic heterocycles. The van der Waals surface area contributed by atoms with Gasteiger partial charge in [0, 0.05) is 52.9 Å². The Kier molecular flexibility index (Phi) is 3.88. The predicted molar refractivity (Wildman–Crippen MR) is 100 cm³/mol. The normalized spacial score (nSPS) is 11.2. The minimum absolute atomic E-state index is 0.00774. The van der Waals surface area contributed by atoms with Crippen LogP contribution in [0, 0.1) is 20.8 Å². The van der Waals surface area contributed by atoms with Gasteiger partial charge in [-0.25, -0.2) is 4.98 Å². The molecule has 6 nitrogen and oxygen atoms in total. The number of nitrogens with zero attached hydrogens (tertiary/aromatic N) is 3. The molecule has 4 aromatic heterocycles. The summed E-state index contributed by atoms with van der Waals surface area (Å²) >= 11 is 0. The van der Waals surface area contributed by atoms with Crippen molar-refractivity contribution in [2.75, 3.05) is 0 Å². The van der Waals surface area contributed by atoms with E-state index in [1.165, 1.54) is 0 Å². The van der Waals surface area contributed by atoms with Gasteiger partial charge in [-0.1, -0.05) is 0 Å². The summed E-state index contributed by atoms with van der Waals surface area (Å²) < 4.78 is 0. The van der Waals surface area contributed by atoms with Crippen LogP contribution in [0.25, 0.3) is 22.3 Å². The predicted octanol–water partition coefficient (Wildman–Crippen LogP) is 3.70. The molecule has 0 atom stereocenters. The number of carbonyl (C=O) groups excluding carboxylic acids is 1. The third-order valence-corrected chi connectivity index (χ3v) is 4.59. The maximum atomic E-state index is 12.5. The maximum absolute atomic E-state index is 12.5. The summed E-state index contributed by atoms with van der Waals surface area (Å²) in [5, 5.41) is 7.95. The molecule has 2 N–H and O–H groups in total. The fraction of sp³-hybridized carbons (Fsp3) is 0.200. The second-order valence-electron chi connectivity index (χ2n) is 6.64. The highest BCUT2D eigenvalue weighted by Crippen LogP contribution is 2.24. The van der Waals surface area contributed by atoms with Crippen molar-refractivity contribution in [3.63, 3.8) is 0 Å².